The predicted octanol–water partition coefficient (Wildman–Crippen LogP) is 5.91. The molecule has 1 aromatic carbocycles. The van der Waals surface area contributed by atoms with E-state index in [1.54, 1.807) is 38.5 Å². The summed E-state index contributed by atoms with van der Waals surface area (Å²) in [6.07, 6.45) is 7.97. The van der Waals surface area contributed by atoms with Gasteiger partial charge in [0.15, 0.2) is 5.82 Å². The molecule has 168 valence electrons. The number of anilines is 3. The lowest BCUT2D eigenvalue weighted by atomic mass is 9.97. The summed E-state index contributed by atoms with van der Waals surface area (Å²) in [5, 5.41) is 3.20. The first kappa shape index (κ1) is 23.2. The summed E-state index contributed by atoms with van der Waals surface area (Å²) in [5.74, 6) is 1.80. The van der Waals surface area contributed by atoms with Crippen LogP contribution in [0.3, 0.4) is 0 Å². The number of hydrogen-bond donors (Lipinski definition) is 2. The van der Waals surface area contributed by atoms with Crippen LogP contribution < -0.4 is 16.0 Å². The van der Waals surface area contributed by atoms with Crippen LogP contribution in [0.2, 0.25) is 0 Å². The number of nitrogens with two attached hydrogens (primary N) is 1. The fourth-order valence-corrected chi connectivity index (χ4v) is 3.35. The smallest absolute Gasteiger partial charge is 0.158 e. The number of alkyl halides is 1. The van der Waals surface area contributed by atoms with Crippen molar-refractivity contribution in [2.24, 2.45) is 0 Å². The summed E-state index contributed by atoms with van der Waals surface area (Å²) in [5.41, 5.74) is 7.59. The van der Waals surface area contributed by atoms with Crippen LogP contribution in [0.1, 0.15) is 45.6 Å². The van der Waals surface area contributed by atoms with Crippen molar-refractivity contribution in [3.05, 3.63) is 73.0 Å². The van der Waals surface area contributed by atoms with Crippen LogP contribution >= 0.6 is 0 Å². The molecule has 0 radical (unpaired) electrons. The number of nitrogen functional groups attached to an aromatic ring is 1. The monoisotopic (exact) mass is 434 g/mol. The van der Waals surface area contributed by atoms with Gasteiger partial charge in [0.05, 0.1) is 17.6 Å². The molecule has 32 heavy (non-hydrogen) atoms. The first-order chi connectivity index (χ1) is 15.3. The molecule has 0 unspecified atom stereocenters. The summed E-state index contributed by atoms with van der Waals surface area (Å²) in [7, 11) is 0. The second kappa shape index (κ2) is 10.2. The van der Waals surface area contributed by atoms with Crippen molar-refractivity contribution in [1.82, 2.24) is 15.0 Å². The van der Waals surface area contributed by atoms with E-state index >= 15 is 0 Å². The Morgan fingerprint density at radius 3 is 2.69 bits per heavy atom. The molecule has 0 spiro atoms. The Balaban J connectivity index is 1.96. The molecule has 6 nitrogen and oxygen atoms in total. The molecule has 0 fully saturated rings. The standard InChI is InChI=1S/C25H31FN6/c1-5-6-7-15-32(18(2)30-23-17-28-13-14-29-23)24-21(27)11-12-22(31-24)19-9-8-10-20(16-19)25(3,4)26/h8-14,16-17H,2,5-7,15,27H2,1,3-4H3,(H,29,30). The quantitative estimate of drug-likeness (QED) is 0.386. The number of aromatic nitrogens is 3. The highest BCUT2D eigenvalue weighted by Gasteiger charge is 2.20. The minimum Gasteiger partial charge on any atom is -0.396 e. The number of hydrogen-bond acceptors (Lipinski definition) is 6. The van der Waals surface area contributed by atoms with E-state index in [0.717, 1.165) is 24.8 Å². The van der Waals surface area contributed by atoms with E-state index in [-0.39, 0.29) is 0 Å². The lowest BCUT2D eigenvalue weighted by Gasteiger charge is -2.28. The van der Waals surface area contributed by atoms with E-state index in [0.29, 0.717) is 40.9 Å². The molecule has 0 aliphatic rings. The minimum absolute atomic E-state index is 0.536. The summed E-state index contributed by atoms with van der Waals surface area (Å²) < 4.78 is 14.5. The zero-order valence-corrected chi connectivity index (χ0v) is 19.0. The zero-order valence-electron chi connectivity index (χ0n) is 19.0. The molecular weight excluding hydrogens is 403 g/mol. The zero-order chi connectivity index (χ0) is 23.1. The highest BCUT2D eigenvalue weighted by atomic mass is 19.1. The van der Waals surface area contributed by atoms with Crippen molar-refractivity contribution >= 4 is 17.3 Å². The Hall–Kier alpha value is -3.48. The van der Waals surface area contributed by atoms with Gasteiger partial charge < -0.3 is 16.0 Å². The average Bonchev–Trinajstić information content (AvgIpc) is 2.77. The van der Waals surface area contributed by atoms with E-state index in [4.69, 9.17) is 10.7 Å². The van der Waals surface area contributed by atoms with Gasteiger partial charge in [-0.05, 0) is 44.0 Å². The molecule has 0 saturated heterocycles. The fraction of sp³-hybridized carbons (Fsp3) is 0.320. The molecule has 0 bridgehead atoms. The number of benzene rings is 1. The number of rotatable bonds is 10. The predicted molar refractivity (Wildman–Crippen MR) is 130 cm³/mol. The molecule has 2 aromatic heterocycles. The lowest BCUT2D eigenvalue weighted by molar-refractivity contribution is 0.221. The van der Waals surface area contributed by atoms with Crippen molar-refractivity contribution in [2.45, 2.75) is 45.7 Å². The summed E-state index contributed by atoms with van der Waals surface area (Å²) in [6, 6.07) is 11.1. The molecule has 3 N–H and O–H groups in total. The first-order valence-electron chi connectivity index (χ1n) is 10.9. The maximum absolute atomic E-state index is 14.5. The average molecular weight is 435 g/mol. The third-order valence-corrected chi connectivity index (χ3v) is 5.15. The van der Waals surface area contributed by atoms with Crippen molar-refractivity contribution in [3.63, 3.8) is 0 Å². The Morgan fingerprint density at radius 2 is 2.00 bits per heavy atom. The lowest BCUT2D eigenvalue weighted by Crippen LogP contribution is -2.29. The molecule has 3 aromatic rings. The van der Waals surface area contributed by atoms with Crippen LogP contribution in [-0.2, 0) is 5.67 Å². The minimum atomic E-state index is -1.44. The molecule has 0 atom stereocenters. The van der Waals surface area contributed by atoms with Gasteiger partial charge in [-0.25, -0.2) is 14.4 Å². The van der Waals surface area contributed by atoms with Gasteiger partial charge in [0.25, 0.3) is 0 Å². The third kappa shape index (κ3) is 5.81. The Labute approximate surface area is 189 Å². The summed E-state index contributed by atoms with van der Waals surface area (Å²) in [4.78, 5) is 15.2. The van der Waals surface area contributed by atoms with E-state index in [1.807, 2.05) is 35.2 Å². The van der Waals surface area contributed by atoms with Crippen LogP contribution in [0.15, 0.2) is 67.4 Å². The van der Waals surface area contributed by atoms with E-state index < -0.39 is 5.67 Å². The van der Waals surface area contributed by atoms with Crippen LogP contribution in [0, 0.1) is 0 Å². The number of unbranched alkanes of at least 4 members (excludes halogenated alkanes) is 2. The van der Waals surface area contributed by atoms with Crippen molar-refractivity contribution < 1.29 is 4.39 Å². The van der Waals surface area contributed by atoms with E-state index in [9.17, 15) is 4.39 Å². The second-order valence-electron chi connectivity index (χ2n) is 8.18. The highest BCUT2D eigenvalue weighted by Crippen LogP contribution is 2.31. The maximum atomic E-state index is 14.5. The van der Waals surface area contributed by atoms with Crippen LogP contribution in [-0.4, -0.2) is 21.5 Å². The van der Waals surface area contributed by atoms with Crippen LogP contribution in [0.4, 0.5) is 21.7 Å². The largest absolute Gasteiger partial charge is 0.396 e. The van der Waals surface area contributed by atoms with Crippen LogP contribution in [0.5, 0.6) is 0 Å². The Kier molecular flexibility index (Phi) is 7.41. The first-order valence-corrected chi connectivity index (χ1v) is 10.9. The van der Waals surface area contributed by atoms with Crippen molar-refractivity contribution in [1.29, 1.82) is 0 Å². The van der Waals surface area contributed by atoms with Gasteiger partial charge in [-0.15, -0.1) is 0 Å². The summed E-state index contributed by atoms with van der Waals surface area (Å²) >= 11 is 0. The van der Waals surface area contributed by atoms with Crippen LogP contribution in [0.25, 0.3) is 11.3 Å². The van der Waals surface area contributed by atoms with E-state index in [1.165, 1.54) is 0 Å². The SMILES string of the molecule is C=C(Nc1cnccn1)N(CCCCC)c1nc(-c2cccc(C(C)(C)F)c2)ccc1N. The van der Waals surface area contributed by atoms with Gasteiger partial charge in [0.1, 0.15) is 17.3 Å². The number of halogens is 1. The highest BCUT2D eigenvalue weighted by molar-refractivity contribution is 5.72. The van der Waals surface area contributed by atoms with E-state index in [2.05, 4.69) is 28.8 Å². The molecule has 2 heterocycles. The van der Waals surface area contributed by atoms with Crippen molar-refractivity contribution in [2.75, 3.05) is 22.5 Å². The molecular formula is C25H31FN6. The normalized spacial score (nSPS) is 11.2. The molecule has 0 aliphatic heterocycles. The van der Waals surface area contributed by atoms with Gasteiger partial charge in [0.2, 0.25) is 0 Å². The Bertz CT molecular complexity index is 1050. The molecule has 0 aliphatic carbocycles. The summed E-state index contributed by atoms with van der Waals surface area (Å²) in [6.45, 7) is 10.1. The Morgan fingerprint density at radius 1 is 1.19 bits per heavy atom. The van der Waals surface area contributed by atoms with Gasteiger partial charge in [-0.3, -0.25) is 4.98 Å². The third-order valence-electron chi connectivity index (χ3n) is 5.15. The van der Waals surface area contributed by atoms with Gasteiger partial charge in [-0.1, -0.05) is 44.5 Å². The second-order valence-corrected chi connectivity index (χ2v) is 8.18. The van der Waals surface area contributed by atoms with Gasteiger partial charge in [0, 0.05) is 24.5 Å². The maximum Gasteiger partial charge on any atom is 0.158 e. The number of nitrogens with zero attached hydrogens (tertiary/aromatic N) is 4. The van der Waals surface area contributed by atoms with Gasteiger partial charge >= 0.3 is 0 Å². The van der Waals surface area contributed by atoms with Gasteiger partial charge in [-0.2, -0.15) is 0 Å². The topological polar surface area (TPSA) is 80.0 Å². The number of nitrogens with one attached hydrogen (secondary N) is 1. The molecule has 0 amide bonds. The fourth-order valence-electron chi connectivity index (χ4n) is 3.35. The molecule has 0 saturated carbocycles. The molecule has 7 heteroatoms. The number of pyridine rings is 1. The molecule has 3 rings (SSSR count). The van der Waals surface area contributed by atoms with Crippen molar-refractivity contribution in [3.8, 4) is 11.3 Å².